The fourth-order valence-electron chi connectivity index (χ4n) is 1.61. The number of rotatable bonds is 4. The van der Waals surface area contributed by atoms with Crippen molar-refractivity contribution in [1.82, 2.24) is 0 Å². The van der Waals surface area contributed by atoms with Gasteiger partial charge in [-0.2, -0.15) is 0 Å². The smallest absolute Gasteiger partial charge is 0.164 e. The molecule has 4 nitrogen and oxygen atoms in total. The molecule has 4 heteroatoms. The quantitative estimate of drug-likeness (QED) is 0.542. The topological polar surface area (TPSA) is 47.9 Å². The Balaban J connectivity index is -0.000000249. The summed E-state index contributed by atoms with van der Waals surface area (Å²) in [5.74, 6) is -1.33. The Kier molecular flexibility index (Phi) is 21.9. The average Bonchev–Trinajstić information content (AvgIpc) is 2.89. The third-order valence-electron chi connectivity index (χ3n) is 3.76. The molecule has 1 N–H and O–H groups in total. The van der Waals surface area contributed by atoms with Gasteiger partial charge in [0.25, 0.3) is 0 Å². The molecule has 0 heterocycles. The maximum Gasteiger partial charge on any atom is 0.164 e. The van der Waals surface area contributed by atoms with Gasteiger partial charge in [0.15, 0.2) is 11.6 Å². The van der Waals surface area contributed by atoms with Crippen molar-refractivity contribution < 1.29 is 19.3 Å². The summed E-state index contributed by atoms with van der Waals surface area (Å²) in [4.78, 5) is 0. The Hall–Kier alpha value is -0.160. The molecule has 0 aromatic heterocycles. The molecule has 0 unspecified atom stereocenters. The Bertz CT molecular complexity index is 180. The van der Waals surface area contributed by atoms with E-state index in [1.807, 2.05) is 27.7 Å². The molecule has 0 aliphatic heterocycles. The molecule has 1 aliphatic rings. The predicted molar refractivity (Wildman–Crippen MR) is 99.7 cm³/mol. The zero-order valence-electron chi connectivity index (χ0n) is 17.3. The van der Waals surface area contributed by atoms with Crippen LogP contribution in [0.15, 0.2) is 0 Å². The first-order valence-electron chi connectivity index (χ1n) is 9.12. The van der Waals surface area contributed by atoms with Crippen LogP contribution >= 0.6 is 0 Å². The molecule has 1 aliphatic carbocycles. The maximum absolute atomic E-state index is 8.60. The summed E-state index contributed by atoms with van der Waals surface area (Å²) in [5, 5.41) is 8.60. The van der Waals surface area contributed by atoms with Crippen LogP contribution in [-0.2, 0) is 14.2 Å². The van der Waals surface area contributed by atoms with E-state index in [0.29, 0.717) is 0 Å². The van der Waals surface area contributed by atoms with Crippen molar-refractivity contribution in [3.8, 4) is 0 Å². The molecule has 0 spiro atoms. The third-order valence-corrected chi connectivity index (χ3v) is 3.76. The van der Waals surface area contributed by atoms with E-state index in [4.69, 9.17) is 14.6 Å². The highest BCUT2D eigenvalue weighted by Crippen LogP contribution is 2.15. The zero-order valence-corrected chi connectivity index (χ0v) is 17.3. The highest BCUT2D eigenvalue weighted by atomic mass is 16.7. The van der Waals surface area contributed by atoms with Crippen LogP contribution in [0.1, 0.15) is 92.9 Å². The van der Waals surface area contributed by atoms with Crippen molar-refractivity contribution in [3.05, 3.63) is 0 Å². The second-order valence-electron chi connectivity index (χ2n) is 6.02. The standard InChI is InChI=1S/C7H14.C6H14O2.C4H10O2.C2H6/c1-2-4-6-7-5-3-1;1-5-6(2,7-3)8-4;1-4(2,5)6-3;1-2/h1-7H2;5H2,1-4H3;5H,1-3H3;1-2H3. The molecule has 23 heavy (non-hydrogen) atoms. The predicted octanol–water partition coefficient (Wildman–Crippen LogP) is 5.52. The van der Waals surface area contributed by atoms with E-state index in [-0.39, 0.29) is 5.79 Å². The minimum absolute atomic E-state index is 0.375. The lowest BCUT2D eigenvalue weighted by Gasteiger charge is -2.23. The number of hydrogen-bond acceptors (Lipinski definition) is 4. The molecule has 0 radical (unpaired) electrons. The van der Waals surface area contributed by atoms with Crippen LogP contribution in [0.25, 0.3) is 0 Å². The van der Waals surface area contributed by atoms with Gasteiger partial charge in [-0.3, -0.25) is 0 Å². The Morgan fingerprint density at radius 3 is 0.957 bits per heavy atom. The van der Waals surface area contributed by atoms with Gasteiger partial charge in [0.05, 0.1) is 0 Å². The van der Waals surface area contributed by atoms with Crippen molar-refractivity contribution in [1.29, 1.82) is 0 Å². The van der Waals surface area contributed by atoms with Crippen molar-refractivity contribution in [2.75, 3.05) is 21.3 Å². The minimum atomic E-state index is -0.958. The number of methoxy groups -OCH3 is 3. The number of ether oxygens (including phenoxy) is 3. The van der Waals surface area contributed by atoms with Gasteiger partial charge < -0.3 is 19.3 Å². The monoisotopic (exact) mass is 336 g/mol. The van der Waals surface area contributed by atoms with Crippen LogP contribution in [0.4, 0.5) is 0 Å². The summed E-state index contributed by atoms with van der Waals surface area (Å²) in [6.07, 6.45) is 11.4. The van der Waals surface area contributed by atoms with E-state index >= 15 is 0 Å². The average molecular weight is 337 g/mol. The molecule has 1 saturated carbocycles. The summed E-state index contributed by atoms with van der Waals surface area (Å²) in [6.45, 7) is 11.1. The van der Waals surface area contributed by atoms with Gasteiger partial charge in [-0.15, -0.1) is 0 Å². The SMILES string of the molecule is C1CCCCCC1.CC.CCC(C)(OC)OC.COC(C)(C)O. The van der Waals surface area contributed by atoms with Gasteiger partial charge in [0.2, 0.25) is 0 Å². The van der Waals surface area contributed by atoms with Crippen LogP contribution in [0, 0.1) is 0 Å². The van der Waals surface area contributed by atoms with E-state index in [0.717, 1.165) is 6.42 Å². The van der Waals surface area contributed by atoms with Crippen LogP contribution in [0.5, 0.6) is 0 Å². The van der Waals surface area contributed by atoms with Crippen molar-refractivity contribution in [3.63, 3.8) is 0 Å². The molecule has 0 aromatic rings. The summed E-state index contributed by atoms with van der Waals surface area (Å²) in [7, 11) is 4.75. The summed E-state index contributed by atoms with van der Waals surface area (Å²) < 4.78 is 14.5. The highest BCUT2D eigenvalue weighted by Gasteiger charge is 2.18. The Morgan fingerprint density at radius 1 is 0.696 bits per heavy atom. The van der Waals surface area contributed by atoms with E-state index in [1.54, 1.807) is 28.1 Å². The molecule has 1 fully saturated rings. The fourth-order valence-corrected chi connectivity index (χ4v) is 1.61. The van der Waals surface area contributed by atoms with E-state index < -0.39 is 5.79 Å². The van der Waals surface area contributed by atoms with Gasteiger partial charge in [0.1, 0.15) is 0 Å². The maximum atomic E-state index is 8.60. The molecule has 0 amide bonds. The molecular formula is C19H44O4. The molecule has 0 aromatic carbocycles. The van der Waals surface area contributed by atoms with Crippen LogP contribution in [-0.4, -0.2) is 38.0 Å². The second kappa shape index (κ2) is 18.2. The normalized spacial score (nSPS) is 14.9. The summed E-state index contributed by atoms with van der Waals surface area (Å²) in [6, 6.07) is 0. The van der Waals surface area contributed by atoms with Gasteiger partial charge in [-0.25, -0.2) is 0 Å². The van der Waals surface area contributed by atoms with Gasteiger partial charge in [-0.1, -0.05) is 65.7 Å². The summed E-state index contributed by atoms with van der Waals surface area (Å²) in [5.41, 5.74) is 0. The zero-order chi connectivity index (χ0) is 18.8. The van der Waals surface area contributed by atoms with Crippen molar-refractivity contribution in [2.24, 2.45) is 0 Å². The largest absolute Gasteiger partial charge is 0.366 e. The summed E-state index contributed by atoms with van der Waals surface area (Å²) >= 11 is 0. The van der Waals surface area contributed by atoms with E-state index in [9.17, 15) is 0 Å². The van der Waals surface area contributed by atoms with Crippen molar-refractivity contribution in [2.45, 2.75) is 104 Å². The van der Waals surface area contributed by atoms with Crippen LogP contribution in [0.3, 0.4) is 0 Å². The molecule has 144 valence electrons. The molecule has 0 atom stereocenters. The van der Waals surface area contributed by atoms with Crippen molar-refractivity contribution >= 4 is 0 Å². The van der Waals surface area contributed by atoms with E-state index in [1.165, 1.54) is 52.1 Å². The fraction of sp³-hybridized carbons (Fsp3) is 1.00. The number of aliphatic hydroxyl groups is 1. The lowest BCUT2D eigenvalue weighted by atomic mass is 10.2. The van der Waals surface area contributed by atoms with Crippen LogP contribution in [0.2, 0.25) is 0 Å². The Morgan fingerprint density at radius 2 is 0.913 bits per heavy atom. The molecule has 0 saturated heterocycles. The first-order chi connectivity index (χ1) is 10.7. The first-order valence-corrected chi connectivity index (χ1v) is 9.12. The lowest BCUT2D eigenvalue weighted by Crippen LogP contribution is -2.27. The number of hydrogen-bond donors (Lipinski definition) is 1. The van der Waals surface area contributed by atoms with Gasteiger partial charge >= 0.3 is 0 Å². The molecule has 1 rings (SSSR count). The second-order valence-corrected chi connectivity index (χ2v) is 6.02. The third kappa shape index (κ3) is 24.2. The Labute approximate surface area is 145 Å². The minimum Gasteiger partial charge on any atom is -0.366 e. The molecule has 0 bridgehead atoms. The lowest BCUT2D eigenvalue weighted by molar-refractivity contribution is -0.194. The van der Waals surface area contributed by atoms with Gasteiger partial charge in [-0.05, 0) is 27.2 Å². The highest BCUT2D eigenvalue weighted by molar-refractivity contribution is 4.55. The molecular weight excluding hydrogens is 292 g/mol. The van der Waals surface area contributed by atoms with E-state index in [2.05, 4.69) is 4.74 Å². The van der Waals surface area contributed by atoms with Crippen LogP contribution < -0.4 is 0 Å². The first kappa shape index (κ1) is 27.7. The van der Waals surface area contributed by atoms with Gasteiger partial charge in [0, 0.05) is 21.3 Å².